The van der Waals surface area contributed by atoms with Gasteiger partial charge in [0.1, 0.15) is 10.6 Å². The summed E-state index contributed by atoms with van der Waals surface area (Å²) in [6, 6.07) is 20.8. The Bertz CT molecular complexity index is 1170. The molecule has 3 heterocycles. The van der Waals surface area contributed by atoms with Crippen LogP contribution in [0.15, 0.2) is 60.7 Å². The van der Waals surface area contributed by atoms with Gasteiger partial charge in [-0.15, -0.1) is 11.3 Å². The van der Waals surface area contributed by atoms with Gasteiger partial charge in [-0.25, -0.2) is 9.97 Å². The molecule has 0 amide bonds. The van der Waals surface area contributed by atoms with Crippen molar-refractivity contribution in [3.8, 4) is 11.4 Å². The molecule has 1 saturated heterocycles. The fourth-order valence-electron chi connectivity index (χ4n) is 4.05. The Morgan fingerprint density at radius 2 is 1.68 bits per heavy atom. The minimum atomic E-state index is 0.790. The molecule has 0 spiro atoms. The third kappa shape index (κ3) is 4.45. The van der Waals surface area contributed by atoms with Crippen LogP contribution in [0.25, 0.3) is 21.6 Å². The lowest BCUT2D eigenvalue weighted by atomic mass is 10.2. The third-order valence-electron chi connectivity index (χ3n) is 5.80. The molecule has 0 aliphatic carbocycles. The summed E-state index contributed by atoms with van der Waals surface area (Å²) in [6.07, 6.45) is 1.02. The molecule has 1 aliphatic heterocycles. The predicted octanol–water partition coefficient (Wildman–Crippen LogP) is 5.90. The molecule has 0 atom stereocenters. The first-order valence-electron chi connectivity index (χ1n) is 10.8. The average molecular weight is 449 g/mol. The number of hydrogen-bond donors (Lipinski definition) is 0. The number of piperazine rings is 1. The van der Waals surface area contributed by atoms with Crippen molar-refractivity contribution in [2.45, 2.75) is 19.9 Å². The monoisotopic (exact) mass is 448 g/mol. The second-order valence-corrected chi connectivity index (χ2v) is 9.46. The fraction of sp³-hybridized carbons (Fsp3) is 0.280. The largest absolute Gasteiger partial charge is 0.353 e. The number of aromatic nitrogens is 2. The number of halogens is 1. The molecule has 31 heavy (non-hydrogen) atoms. The second-order valence-electron chi connectivity index (χ2n) is 7.91. The van der Waals surface area contributed by atoms with Crippen LogP contribution in [0.2, 0.25) is 5.02 Å². The maximum atomic E-state index is 6.03. The Hall–Kier alpha value is -2.47. The summed E-state index contributed by atoms with van der Waals surface area (Å²) in [4.78, 5) is 17.3. The van der Waals surface area contributed by atoms with Crippen molar-refractivity contribution < 1.29 is 0 Å². The quantitative estimate of drug-likeness (QED) is 0.380. The van der Waals surface area contributed by atoms with E-state index in [1.807, 2.05) is 30.3 Å². The number of thiophene rings is 1. The molecule has 0 N–H and O–H groups in total. The Morgan fingerprint density at radius 3 is 2.39 bits per heavy atom. The van der Waals surface area contributed by atoms with E-state index in [4.69, 9.17) is 21.6 Å². The lowest BCUT2D eigenvalue weighted by molar-refractivity contribution is 0.249. The predicted molar refractivity (Wildman–Crippen MR) is 131 cm³/mol. The standard InChI is InChI=1S/C25H25ClN4S/c1-2-21-16-22-24(27-23(28-25(22)31-21)19-6-4-3-5-7-19)30-14-12-29(13-15-30)17-18-8-10-20(26)11-9-18/h3-11,16H,2,12-15,17H2,1H3. The van der Waals surface area contributed by atoms with Crippen molar-refractivity contribution in [3.63, 3.8) is 0 Å². The van der Waals surface area contributed by atoms with Crippen LogP contribution in [0.5, 0.6) is 0 Å². The van der Waals surface area contributed by atoms with Gasteiger partial charge in [0.15, 0.2) is 5.82 Å². The number of fused-ring (bicyclic) bond motifs is 1. The van der Waals surface area contributed by atoms with Crippen LogP contribution in [-0.4, -0.2) is 41.0 Å². The van der Waals surface area contributed by atoms with E-state index in [0.29, 0.717) is 0 Å². The van der Waals surface area contributed by atoms with E-state index < -0.39 is 0 Å². The van der Waals surface area contributed by atoms with Crippen LogP contribution >= 0.6 is 22.9 Å². The molecule has 0 saturated carbocycles. The van der Waals surface area contributed by atoms with Crippen LogP contribution < -0.4 is 4.90 Å². The molecule has 4 aromatic rings. The summed E-state index contributed by atoms with van der Waals surface area (Å²) in [5, 5.41) is 1.98. The molecule has 6 heteroatoms. The fourth-order valence-corrected chi connectivity index (χ4v) is 5.14. The highest BCUT2D eigenvalue weighted by Crippen LogP contribution is 2.34. The first-order chi connectivity index (χ1) is 15.2. The molecule has 0 radical (unpaired) electrons. The normalized spacial score (nSPS) is 15.0. The maximum Gasteiger partial charge on any atom is 0.163 e. The van der Waals surface area contributed by atoms with Crippen molar-refractivity contribution >= 4 is 39.0 Å². The summed E-state index contributed by atoms with van der Waals surface area (Å²) >= 11 is 7.82. The van der Waals surface area contributed by atoms with Gasteiger partial charge in [0.2, 0.25) is 0 Å². The van der Waals surface area contributed by atoms with Gasteiger partial charge >= 0.3 is 0 Å². The van der Waals surface area contributed by atoms with E-state index in [0.717, 1.165) is 66.2 Å². The summed E-state index contributed by atoms with van der Waals surface area (Å²) in [5.41, 5.74) is 2.37. The van der Waals surface area contributed by atoms with Crippen LogP contribution in [0, 0.1) is 0 Å². The van der Waals surface area contributed by atoms with Crippen molar-refractivity contribution in [1.29, 1.82) is 0 Å². The summed E-state index contributed by atoms with van der Waals surface area (Å²) in [5.74, 6) is 1.89. The van der Waals surface area contributed by atoms with Crippen LogP contribution in [0.4, 0.5) is 5.82 Å². The molecular weight excluding hydrogens is 424 g/mol. The minimum absolute atomic E-state index is 0.790. The molecule has 4 nitrogen and oxygen atoms in total. The van der Waals surface area contributed by atoms with E-state index in [-0.39, 0.29) is 0 Å². The Labute approximate surface area is 192 Å². The van der Waals surface area contributed by atoms with E-state index in [2.05, 4.69) is 47.1 Å². The number of aryl methyl sites for hydroxylation is 1. The molecular formula is C25H25ClN4S. The van der Waals surface area contributed by atoms with Gasteiger partial charge < -0.3 is 4.90 Å². The summed E-state index contributed by atoms with van der Waals surface area (Å²) in [6.45, 7) is 7.11. The van der Waals surface area contributed by atoms with Crippen molar-refractivity contribution in [3.05, 3.63) is 76.1 Å². The number of anilines is 1. The lowest BCUT2D eigenvalue weighted by Gasteiger charge is -2.35. The molecule has 2 aromatic carbocycles. The van der Waals surface area contributed by atoms with Crippen LogP contribution in [0.3, 0.4) is 0 Å². The lowest BCUT2D eigenvalue weighted by Crippen LogP contribution is -2.46. The van der Waals surface area contributed by atoms with Gasteiger partial charge in [-0.05, 0) is 30.2 Å². The Kier molecular flexibility index (Phi) is 5.90. The van der Waals surface area contributed by atoms with Crippen molar-refractivity contribution in [1.82, 2.24) is 14.9 Å². The van der Waals surface area contributed by atoms with Gasteiger partial charge in [0, 0.05) is 48.2 Å². The Balaban J connectivity index is 1.40. The zero-order valence-electron chi connectivity index (χ0n) is 17.6. The van der Waals surface area contributed by atoms with Gasteiger partial charge in [0.05, 0.1) is 5.39 Å². The highest BCUT2D eigenvalue weighted by Gasteiger charge is 2.22. The van der Waals surface area contributed by atoms with Crippen molar-refractivity contribution in [2.24, 2.45) is 0 Å². The van der Waals surface area contributed by atoms with E-state index in [1.165, 1.54) is 15.8 Å². The smallest absolute Gasteiger partial charge is 0.163 e. The SMILES string of the molecule is CCc1cc2c(N3CCN(Cc4ccc(Cl)cc4)CC3)nc(-c3ccccc3)nc2s1. The third-order valence-corrected chi connectivity index (χ3v) is 7.22. The van der Waals surface area contributed by atoms with Gasteiger partial charge in [-0.1, -0.05) is 61.0 Å². The number of nitrogens with zero attached hydrogens (tertiary/aromatic N) is 4. The minimum Gasteiger partial charge on any atom is -0.353 e. The van der Waals surface area contributed by atoms with Gasteiger partial charge in [-0.2, -0.15) is 0 Å². The van der Waals surface area contributed by atoms with E-state index >= 15 is 0 Å². The number of benzene rings is 2. The molecule has 0 unspecified atom stereocenters. The first-order valence-corrected chi connectivity index (χ1v) is 12.0. The zero-order valence-corrected chi connectivity index (χ0v) is 19.2. The summed E-state index contributed by atoms with van der Waals surface area (Å²) < 4.78 is 0. The molecule has 158 valence electrons. The summed E-state index contributed by atoms with van der Waals surface area (Å²) in [7, 11) is 0. The molecule has 5 rings (SSSR count). The van der Waals surface area contributed by atoms with Crippen LogP contribution in [0.1, 0.15) is 17.4 Å². The number of rotatable bonds is 5. The topological polar surface area (TPSA) is 32.3 Å². The van der Waals surface area contributed by atoms with Crippen molar-refractivity contribution in [2.75, 3.05) is 31.1 Å². The zero-order chi connectivity index (χ0) is 21.2. The average Bonchev–Trinajstić information content (AvgIpc) is 3.24. The molecule has 2 aromatic heterocycles. The molecule has 1 aliphatic rings. The van der Waals surface area contributed by atoms with Gasteiger partial charge in [-0.3, -0.25) is 4.90 Å². The molecule has 0 bridgehead atoms. The second kappa shape index (κ2) is 8.95. The first kappa shape index (κ1) is 20.4. The number of hydrogen-bond acceptors (Lipinski definition) is 5. The van der Waals surface area contributed by atoms with E-state index in [1.54, 1.807) is 11.3 Å². The highest BCUT2D eigenvalue weighted by atomic mass is 35.5. The highest BCUT2D eigenvalue weighted by molar-refractivity contribution is 7.18. The molecule has 1 fully saturated rings. The van der Waals surface area contributed by atoms with Crippen LogP contribution in [-0.2, 0) is 13.0 Å². The Morgan fingerprint density at radius 1 is 0.935 bits per heavy atom. The van der Waals surface area contributed by atoms with E-state index in [9.17, 15) is 0 Å². The van der Waals surface area contributed by atoms with Gasteiger partial charge in [0.25, 0.3) is 0 Å². The maximum absolute atomic E-state index is 6.03.